The molecule has 6 nitrogen and oxygen atoms in total. The quantitative estimate of drug-likeness (QED) is 0.154. The van der Waals surface area contributed by atoms with E-state index in [9.17, 15) is 18.4 Å². The maximum absolute atomic E-state index is 15.0. The van der Waals surface area contributed by atoms with Crippen LogP contribution < -0.4 is 5.32 Å². The summed E-state index contributed by atoms with van der Waals surface area (Å²) >= 11 is 0. The topological polar surface area (TPSA) is 63.6 Å². The van der Waals surface area contributed by atoms with Gasteiger partial charge < -0.3 is 19.5 Å². The Kier molecular flexibility index (Phi) is 11.8. The van der Waals surface area contributed by atoms with Crippen LogP contribution in [0.25, 0.3) is 11.1 Å². The molecule has 44 heavy (non-hydrogen) atoms. The molecule has 1 N–H and O–H groups in total. The van der Waals surface area contributed by atoms with E-state index in [1.807, 2.05) is 47.5 Å². The zero-order chi connectivity index (χ0) is 31.7. The van der Waals surface area contributed by atoms with Gasteiger partial charge in [0.1, 0.15) is 11.6 Å². The van der Waals surface area contributed by atoms with Crippen molar-refractivity contribution in [3.05, 3.63) is 83.7 Å². The van der Waals surface area contributed by atoms with Crippen LogP contribution in [0.1, 0.15) is 62.7 Å². The molecule has 9 heteroatoms. The van der Waals surface area contributed by atoms with Crippen LogP contribution in [0.5, 0.6) is 0 Å². The van der Waals surface area contributed by atoms with Crippen LogP contribution in [-0.4, -0.2) is 49.2 Å². The van der Waals surface area contributed by atoms with E-state index in [4.69, 9.17) is 4.74 Å². The van der Waals surface area contributed by atoms with Crippen LogP contribution in [0, 0.1) is 17.6 Å². The van der Waals surface area contributed by atoms with Gasteiger partial charge >= 0.3 is 6.09 Å². The van der Waals surface area contributed by atoms with Crippen molar-refractivity contribution in [2.45, 2.75) is 83.7 Å². The molecule has 2 amide bonds. The predicted octanol–water partition coefficient (Wildman–Crippen LogP) is 8.41. The van der Waals surface area contributed by atoms with Crippen molar-refractivity contribution in [1.29, 1.82) is 0 Å². The van der Waals surface area contributed by atoms with Crippen LogP contribution in [0.15, 0.2) is 60.8 Å². The number of carbonyl (C=O) groups is 2. The van der Waals surface area contributed by atoms with Crippen LogP contribution in [0.2, 0.25) is 25.7 Å². The fourth-order valence-corrected chi connectivity index (χ4v) is 6.81. The fourth-order valence-electron chi connectivity index (χ4n) is 6.10. The Bertz CT molecular complexity index is 1380. The lowest BCUT2D eigenvalue weighted by Crippen LogP contribution is -2.40. The number of hydrogen-bond acceptors (Lipinski definition) is 3. The number of ether oxygens (including phenoxy) is 1. The summed E-state index contributed by atoms with van der Waals surface area (Å²) in [6.07, 6.45) is 7.32. The zero-order valence-corrected chi connectivity index (χ0v) is 27.6. The number of carbonyl (C=O) groups excluding carboxylic acids is 2. The van der Waals surface area contributed by atoms with E-state index >= 15 is 0 Å². The molecule has 0 bridgehead atoms. The second kappa shape index (κ2) is 15.5. The van der Waals surface area contributed by atoms with Crippen molar-refractivity contribution in [3.63, 3.8) is 0 Å². The van der Waals surface area contributed by atoms with Gasteiger partial charge in [0, 0.05) is 57.6 Å². The summed E-state index contributed by atoms with van der Waals surface area (Å²) in [6.45, 7) is 10.1. The Morgan fingerprint density at radius 2 is 1.77 bits per heavy atom. The van der Waals surface area contributed by atoms with E-state index in [1.165, 1.54) is 6.07 Å². The summed E-state index contributed by atoms with van der Waals surface area (Å²) < 4.78 is 36.7. The predicted molar refractivity (Wildman–Crippen MR) is 174 cm³/mol. The summed E-state index contributed by atoms with van der Waals surface area (Å²) in [5, 5.41) is 2.84. The molecule has 1 aromatic heterocycles. The van der Waals surface area contributed by atoms with Crippen LogP contribution in [-0.2, 0) is 16.1 Å². The number of rotatable bonds is 13. The Labute approximate surface area is 261 Å². The Balaban J connectivity index is 1.62. The Hall–Kier alpha value is -3.46. The van der Waals surface area contributed by atoms with Crippen LogP contribution in [0.3, 0.4) is 0 Å². The van der Waals surface area contributed by atoms with Gasteiger partial charge in [-0.15, -0.1) is 0 Å². The molecule has 1 saturated carbocycles. The average Bonchev–Trinajstić information content (AvgIpc) is 3.38. The molecule has 1 fully saturated rings. The molecule has 2 aromatic carbocycles. The van der Waals surface area contributed by atoms with E-state index in [0.717, 1.165) is 61.5 Å². The van der Waals surface area contributed by atoms with Crippen molar-refractivity contribution >= 4 is 20.1 Å². The molecule has 1 aliphatic rings. The third kappa shape index (κ3) is 9.52. The highest BCUT2D eigenvalue weighted by Crippen LogP contribution is 2.41. The van der Waals surface area contributed by atoms with Gasteiger partial charge in [-0.2, -0.15) is 0 Å². The summed E-state index contributed by atoms with van der Waals surface area (Å²) in [4.78, 5) is 27.5. The van der Waals surface area contributed by atoms with Crippen molar-refractivity contribution < 1.29 is 23.1 Å². The first-order valence-corrected chi connectivity index (χ1v) is 19.6. The minimum absolute atomic E-state index is 0.0516. The van der Waals surface area contributed by atoms with Crippen molar-refractivity contribution in [2.24, 2.45) is 5.92 Å². The summed E-state index contributed by atoms with van der Waals surface area (Å²) in [5.74, 6) is -0.819. The molecule has 0 saturated heterocycles. The first kappa shape index (κ1) is 33.4. The molecule has 1 aliphatic carbocycles. The maximum atomic E-state index is 15.0. The average molecular weight is 624 g/mol. The lowest BCUT2D eigenvalue weighted by molar-refractivity contribution is -0.133. The molecule has 1 atom stereocenters. The summed E-state index contributed by atoms with van der Waals surface area (Å²) in [5.41, 5.74) is 2.77. The third-order valence-corrected chi connectivity index (χ3v) is 10.1. The zero-order valence-electron chi connectivity index (χ0n) is 26.6. The normalized spacial score (nSPS) is 14.7. The Morgan fingerprint density at radius 3 is 2.45 bits per heavy atom. The summed E-state index contributed by atoms with van der Waals surface area (Å²) in [6, 6.07) is 16.1. The molecule has 0 radical (unpaired) electrons. The van der Waals surface area contributed by atoms with E-state index in [-0.39, 0.29) is 23.4 Å². The van der Waals surface area contributed by atoms with E-state index < -0.39 is 25.8 Å². The van der Waals surface area contributed by atoms with Gasteiger partial charge in [-0.05, 0) is 61.1 Å². The van der Waals surface area contributed by atoms with E-state index in [2.05, 4.69) is 29.5 Å². The number of halogens is 2. The van der Waals surface area contributed by atoms with E-state index in [0.29, 0.717) is 38.2 Å². The molecule has 0 unspecified atom stereocenters. The molecule has 3 aromatic rings. The van der Waals surface area contributed by atoms with Crippen LogP contribution in [0.4, 0.5) is 13.6 Å². The number of nitrogens with one attached hydrogen (secondary N) is 1. The number of aromatic nitrogens is 1. The standard InChI is InChI=1S/C35H47F2N3O3Si/c1-26(41)40(19-11-18-38-35(42)43-20-21-44(2,3)4)34(28-14-9-6-10-15-28)33-22-29(31-23-30(36)16-17-32(31)37)25-39(33)24-27-12-7-5-8-13-27/h5,7-8,12-13,16-17,22-23,25,28,34H,6,9-11,14-15,18-21,24H2,1-4H3,(H,38,42)/t34-/m1/s1. The number of amides is 2. The number of hydrogen-bond donors (Lipinski definition) is 1. The van der Waals surface area contributed by atoms with Crippen LogP contribution >= 0.6 is 0 Å². The van der Waals surface area contributed by atoms with Gasteiger partial charge in [0.25, 0.3) is 0 Å². The van der Waals surface area contributed by atoms with E-state index in [1.54, 1.807) is 6.92 Å². The van der Waals surface area contributed by atoms with Crippen molar-refractivity contribution in [2.75, 3.05) is 19.7 Å². The summed E-state index contributed by atoms with van der Waals surface area (Å²) in [7, 11) is -1.30. The first-order chi connectivity index (χ1) is 21.0. The molecule has 4 rings (SSSR count). The van der Waals surface area contributed by atoms with Gasteiger partial charge in [-0.1, -0.05) is 69.2 Å². The monoisotopic (exact) mass is 623 g/mol. The van der Waals surface area contributed by atoms with Gasteiger partial charge in [0.2, 0.25) is 5.91 Å². The minimum Gasteiger partial charge on any atom is -0.450 e. The SMILES string of the molecule is CC(=O)N(CCCNC(=O)OCC[Si](C)(C)C)[C@@H](c1cc(-c2cc(F)ccc2F)cn1Cc1ccccc1)C1CCCCC1. The molecule has 0 aliphatic heterocycles. The second-order valence-corrected chi connectivity index (χ2v) is 18.8. The molecular formula is C35H47F2N3O3Si. The molecule has 238 valence electrons. The van der Waals surface area contributed by atoms with Gasteiger partial charge in [-0.25, -0.2) is 13.6 Å². The highest BCUT2D eigenvalue weighted by Gasteiger charge is 2.34. The molecular weight excluding hydrogens is 576 g/mol. The number of nitrogens with zero attached hydrogens (tertiary/aromatic N) is 2. The lowest BCUT2D eigenvalue weighted by atomic mass is 9.81. The Morgan fingerprint density at radius 1 is 1.05 bits per heavy atom. The first-order valence-electron chi connectivity index (χ1n) is 15.9. The third-order valence-electron chi connectivity index (χ3n) is 8.44. The van der Waals surface area contributed by atoms with Gasteiger partial charge in [-0.3, -0.25) is 4.79 Å². The van der Waals surface area contributed by atoms with Crippen molar-refractivity contribution in [3.8, 4) is 11.1 Å². The highest BCUT2D eigenvalue weighted by molar-refractivity contribution is 6.76. The number of alkyl carbamates (subject to hydrolysis) is 1. The largest absolute Gasteiger partial charge is 0.450 e. The maximum Gasteiger partial charge on any atom is 0.407 e. The minimum atomic E-state index is -1.30. The highest BCUT2D eigenvalue weighted by atomic mass is 28.3. The molecule has 0 spiro atoms. The smallest absolute Gasteiger partial charge is 0.407 e. The van der Waals surface area contributed by atoms with Crippen molar-refractivity contribution in [1.82, 2.24) is 14.8 Å². The second-order valence-electron chi connectivity index (χ2n) is 13.2. The lowest BCUT2D eigenvalue weighted by Gasteiger charge is -2.39. The fraction of sp³-hybridized carbons (Fsp3) is 0.486. The molecule has 1 heterocycles. The van der Waals surface area contributed by atoms with Gasteiger partial charge in [0.05, 0.1) is 12.6 Å². The number of benzene rings is 2. The van der Waals surface area contributed by atoms with Gasteiger partial charge in [0.15, 0.2) is 0 Å².